The van der Waals surface area contributed by atoms with Gasteiger partial charge in [0.2, 0.25) is 0 Å². The third-order valence-electron chi connectivity index (χ3n) is 5.38. The van der Waals surface area contributed by atoms with E-state index in [-0.39, 0.29) is 0 Å². The minimum atomic E-state index is -0.402. The van der Waals surface area contributed by atoms with Crippen molar-refractivity contribution >= 4 is 11.6 Å². The fourth-order valence-corrected chi connectivity index (χ4v) is 4.25. The van der Waals surface area contributed by atoms with Gasteiger partial charge in [-0.05, 0) is 25.7 Å². The molecule has 2 aliphatic rings. The lowest BCUT2D eigenvalue weighted by molar-refractivity contribution is -0.0968. The molecule has 1 saturated carbocycles. The smallest absolute Gasteiger partial charge is 0.131 e. The van der Waals surface area contributed by atoms with Crippen LogP contribution >= 0.6 is 11.6 Å². The third-order valence-corrected chi connectivity index (χ3v) is 5.85. The summed E-state index contributed by atoms with van der Waals surface area (Å²) in [5.74, 6) is 0.431. The quantitative estimate of drug-likeness (QED) is 0.933. The van der Waals surface area contributed by atoms with Crippen molar-refractivity contribution in [2.75, 3.05) is 13.1 Å². The Labute approximate surface area is 132 Å². The molecule has 1 saturated heterocycles. The third kappa shape index (κ3) is 2.86. The molecule has 1 aliphatic carbocycles. The van der Waals surface area contributed by atoms with Gasteiger partial charge in [-0.1, -0.05) is 31.4 Å². The van der Waals surface area contributed by atoms with Crippen molar-refractivity contribution in [1.29, 1.82) is 0 Å². The van der Waals surface area contributed by atoms with E-state index in [0.717, 1.165) is 56.2 Å². The molecule has 21 heavy (non-hydrogen) atoms. The fourth-order valence-electron chi connectivity index (χ4n) is 4.05. The summed E-state index contributed by atoms with van der Waals surface area (Å²) in [6, 6.07) is 0. The van der Waals surface area contributed by atoms with Crippen LogP contribution in [-0.2, 0) is 20.0 Å². The molecular weight excluding hydrogens is 286 g/mol. The van der Waals surface area contributed by atoms with Crippen molar-refractivity contribution in [1.82, 2.24) is 14.7 Å². The Balaban J connectivity index is 1.72. The first-order valence-electron chi connectivity index (χ1n) is 8.18. The summed E-state index contributed by atoms with van der Waals surface area (Å²) in [6.45, 7) is 4.94. The lowest BCUT2D eigenvalue weighted by atomic mass is 9.71. The lowest BCUT2D eigenvalue weighted by Gasteiger charge is -2.47. The summed E-state index contributed by atoms with van der Waals surface area (Å²) in [5, 5.41) is 16.0. The van der Waals surface area contributed by atoms with Gasteiger partial charge in [0, 0.05) is 38.2 Å². The van der Waals surface area contributed by atoms with E-state index < -0.39 is 5.60 Å². The van der Waals surface area contributed by atoms with Crippen molar-refractivity contribution < 1.29 is 5.11 Å². The summed E-state index contributed by atoms with van der Waals surface area (Å²) in [7, 11) is 1.90. The highest BCUT2D eigenvalue weighted by Gasteiger charge is 2.42. The number of aliphatic hydroxyl groups is 1. The average molecular weight is 312 g/mol. The second kappa shape index (κ2) is 5.90. The number of aromatic nitrogens is 2. The minimum Gasteiger partial charge on any atom is -0.390 e. The SMILES string of the molecule is CCc1nn(C)c(Cl)c1CN1CCC2(O)CCCCC2C1. The Bertz CT molecular complexity index is 516. The van der Waals surface area contributed by atoms with Gasteiger partial charge in [-0.3, -0.25) is 9.58 Å². The first-order chi connectivity index (χ1) is 10.0. The molecule has 1 aromatic rings. The molecule has 0 spiro atoms. The molecule has 1 N–H and O–H groups in total. The maximum atomic E-state index is 10.8. The molecule has 4 nitrogen and oxygen atoms in total. The van der Waals surface area contributed by atoms with E-state index in [9.17, 15) is 5.11 Å². The highest BCUT2D eigenvalue weighted by atomic mass is 35.5. The summed E-state index contributed by atoms with van der Waals surface area (Å²) < 4.78 is 1.77. The van der Waals surface area contributed by atoms with Gasteiger partial charge >= 0.3 is 0 Å². The van der Waals surface area contributed by atoms with Crippen LogP contribution in [0.15, 0.2) is 0 Å². The molecule has 3 rings (SSSR count). The average Bonchev–Trinajstić information content (AvgIpc) is 2.75. The van der Waals surface area contributed by atoms with E-state index in [1.165, 1.54) is 18.4 Å². The summed E-state index contributed by atoms with van der Waals surface area (Å²) in [4.78, 5) is 2.45. The van der Waals surface area contributed by atoms with E-state index >= 15 is 0 Å². The Morgan fingerprint density at radius 3 is 2.95 bits per heavy atom. The topological polar surface area (TPSA) is 41.3 Å². The standard InChI is InChI=1S/C16H26ClN3O/c1-3-14-13(15(17)19(2)18-14)11-20-9-8-16(21)7-5-4-6-12(16)10-20/h12,21H,3-11H2,1-2H3. The molecule has 5 heteroatoms. The van der Waals surface area contributed by atoms with Crippen molar-refractivity contribution in [2.45, 2.75) is 57.6 Å². The Kier molecular flexibility index (Phi) is 4.30. The highest BCUT2D eigenvalue weighted by Crippen LogP contribution is 2.40. The zero-order chi connectivity index (χ0) is 15.0. The van der Waals surface area contributed by atoms with Gasteiger partial charge in [0.15, 0.2) is 0 Å². The van der Waals surface area contributed by atoms with Crippen LogP contribution in [0.3, 0.4) is 0 Å². The molecule has 0 radical (unpaired) electrons. The molecule has 2 unspecified atom stereocenters. The number of aryl methyl sites for hydroxylation is 2. The van der Waals surface area contributed by atoms with Gasteiger partial charge < -0.3 is 5.11 Å². The maximum absolute atomic E-state index is 10.8. The molecule has 0 bridgehead atoms. The van der Waals surface area contributed by atoms with Crippen LogP contribution in [0.4, 0.5) is 0 Å². The zero-order valence-electron chi connectivity index (χ0n) is 13.1. The van der Waals surface area contributed by atoms with Crippen LogP contribution in [0.2, 0.25) is 5.15 Å². The number of fused-ring (bicyclic) bond motifs is 1. The van der Waals surface area contributed by atoms with Gasteiger partial charge in [-0.2, -0.15) is 5.10 Å². The number of halogens is 1. The fraction of sp³-hybridized carbons (Fsp3) is 0.812. The maximum Gasteiger partial charge on any atom is 0.131 e. The van der Waals surface area contributed by atoms with Crippen LogP contribution < -0.4 is 0 Å². The Hall–Kier alpha value is -0.580. The largest absolute Gasteiger partial charge is 0.390 e. The molecule has 2 fully saturated rings. The van der Waals surface area contributed by atoms with Crippen LogP contribution in [0.5, 0.6) is 0 Å². The molecule has 0 aromatic carbocycles. The van der Waals surface area contributed by atoms with Crippen molar-refractivity contribution in [3.05, 3.63) is 16.4 Å². The first-order valence-corrected chi connectivity index (χ1v) is 8.56. The monoisotopic (exact) mass is 311 g/mol. The molecule has 1 aliphatic heterocycles. The molecule has 118 valence electrons. The zero-order valence-corrected chi connectivity index (χ0v) is 13.9. The molecule has 1 aromatic heterocycles. The van der Waals surface area contributed by atoms with Gasteiger partial charge in [0.1, 0.15) is 5.15 Å². The number of hydrogen-bond donors (Lipinski definition) is 1. The Morgan fingerprint density at radius 1 is 1.38 bits per heavy atom. The van der Waals surface area contributed by atoms with Crippen LogP contribution in [-0.4, -0.2) is 38.5 Å². The van der Waals surface area contributed by atoms with Crippen molar-refractivity contribution in [2.24, 2.45) is 13.0 Å². The highest BCUT2D eigenvalue weighted by molar-refractivity contribution is 6.30. The van der Waals surface area contributed by atoms with Crippen LogP contribution in [0.1, 0.15) is 50.3 Å². The van der Waals surface area contributed by atoms with Crippen LogP contribution in [0, 0.1) is 5.92 Å². The van der Waals surface area contributed by atoms with Gasteiger partial charge in [0.25, 0.3) is 0 Å². The minimum absolute atomic E-state index is 0.402. The summed E-state index contributed by atoms with van der Waals surface area (Å²) >= 11 is 6.40. The van der Waals surface area contributed by atoms with E-state index in [2.05, 4.69) is 16.9 Å². The summed E-state index contributed by atoms with van der Waals surface area (Å²) in [6.07, 6.45) is 6.40. The van der Waals surface area contributed by atoms with E-state index in [1.807, 2.05) is 7.05 Å². The number of likely N-dealkylation sites (tertiary alicyclic amines) is 1. The molecule has 2 atom stereocenters. The second-order valence-corrected chi connectivity index (χ2v) is 7.08. The number of rotatable bonds is 3. The molecule has 2 heterocycles. The summed E-state index contributed by atoms with van der Waals surface area (Å²) in [5.41, 5.74) is 1.87. The predicted octanol–water partition coefficient (Wildman–Crippen LogP) is 2.76. The lowest BCUT2D eigenvalue weighted by Crippen LogP contribution is -2.53. The Morgan fingerprint density at radius 2 is 2.19 bits per heavy atom. The van der Waals surface area contributed by atoms with Gasteiger partial charge in [-0.25, -0.2) is 0 Å². The van der Waals surface area contributed by atoms with Crippen molar-refractivity contribution in [3.8, 4) is 0 Å². The van der Waals surface area contributed by atoms with E-state index in [0.29, 0.717) is 5.92 Å². The number of nitrogens with zero attached hydrogens (tertiary/aromatic N) is 3. The molecule has 0 amide bonds. The predicted molar refractivity (Wildman–Crippen MR) is 84.4 cm³/mol. The van der Waals surface area contributed by atoms with E-state index in [4.69, 9.17) is 11.6 Å². The second-order valence-electron chi connectivity index (χ2n) is 6.72. The number of piperidine rings is 1. The molecular formula is C16H26ClN3O. The van der Waals surface area contributed by atoms with Crippen LogP contribution in [0.25, 0.3) is 0 Å². The number of hydrogen-bond acceptors (Lipinski definition) is 3. The van der Waals surface area contributed by atoms with E-state index in [1.54, 1.807) is 4.68 Å². The van der Waals surface area contributed by atoms with Gasteiger partial charge in [0.05, 0.1) is 11.3 Å². The normalized spacial score (nSPS) is 30.4. The first kappa shape index (κ1) is 15.3. The van der Waals surface area contributed by atoms with Gasteiger partial charge in [-0.15, -0.1) is 0 Å². The van der Waals surface area contributed by atoms with Crippen molar-refractivity contribution in [3.63, 3.8) is 0 Å².